The maximum atomic E-state index is 13.0. The first-order chi connectivity index (χ1) is 11.7. The fourth-order valence-corrected chi connectivity index (χ4v) is 3.63. The van der Waals surface area contributed by atoms with Crippen LogP contribution in [-0.2, 0) is 0 Å². The molecule has 1 atom stereocenters. The number of carbonyl (C=O) groups excluding carboxylic acids is 1. The van der Waals surface area contributed by atoms with Gasteiger partial charge in [0.15, 0.2) is 0 Å². The summed E-state index contributed by atoms with van der Waals surface area (Å²) in [4.78, 5) is 19.6. The zero-order valence-corrected chi connectivity index (χ0v) is 13.8. The maximum Gasteiger partial charge on any atom is 0.272 e. The molecule has 1 aliphatic heterocycles. The number of likely N-dealkylation sites (tertiary alicyclic amines) is 1. The summed E-state index contributed by atoms with van der Waals surface area (Å²) in [5, 5.41) is 1.06. The molecule has 24 heavy (non-hydrogen) atoms. The minimum atomic E-state index is 0.0338. The van der Waals surface area contributed by atoms with E-state index in [0.717, 1.165) is 30.3 Å². The van der Waals surface area contributed by atoms with E-state index in [4.69, 9.17) is 0 Å². The zero-order valence-electron chi connectivity index (χ0n) is 13.8. The Morgan fingerprint density at radius 3 is 2.71 bits per heavy atom. The first kappa shape index (κ1) is 14.9. The monoisotopic (exact) mass is 316 g/mol. The standard InChI is InChI=1S/C21H20N2O/c1-15-7-2-4-9-17(15)20-11-6-14-23(20)21(24)19-13-12-16-8-3-5-10-18(16)22-19/h2-5,7-10,12-13,20H,6,11,14H2,1H3. The van der Waals surface area contributed by atoms with Gasteiger partial charge in [-0.15, -0.1) is 0 Å². The number of hydrogen-bond acceptors (Lipinski definition) is 2. The highest BCUT2D eigenvalue weighted by Gasteiger charge is 2.31. The number of carbonyl (C=O) groups is 1. The van der Waals surface area contributed by atoms with Gasteiger partial charge in [0, 0.05) is 11.9 Å². The van der Waals surface area contributed by atoms with Crippen molar-refractivity contribution in [3.05, 3.63) is 77.5 Å². The molecule has 0 spiro atoms. The second-order valence-corrected chi connectivity index (χ2v) is 6.40. The van der Waals surface area contributed by atoms with Gasteiger partial charge in [-0.05, 0) is 43.0 Å². The summed E-state index contributed by atoms with van der Waals surface area (Å²) in [6.45, 7) is 2.91. The van der Waals surface area contributed by atoms with Gasteiger partial charge in [-0.1, -0.05) is 48.5 Å². The van der Waals surface area contributed by atoms with E-state index in [9.17, 15) is 4.79 Å². The number of rotatable bonds is 2. The molecular weight excluding hydrogens is 296 g/mol. The summed E-state index contributed by atoms with van der Waals surface area (Å²) in [7, 11) is 0. The molecule has 120 valence electrons. The molecule has 1 saturated heterocycles. The van der Waals surface area contributed by atoms with Crippen LogP contribution in [0.25, 0.3) is 10.9 Å². The van der Waals surface area contributed by atoms with Crippen molar-refractivity contribution in [1.29, 1.82) is 0 Å². The fraction of sp³-hybridized carbons (Fsp3) is 0.238. The van der Waals surface area contributed by atoms with E-state index in [1.54, 1.807) is 0 Å². The molecular formula is C21H20N2O. The minimum absolute atomic E-state index is 0.0338. The molecule has 0 N–H and O–H groups in total. The normalized spacial score (nSPS) is 17.4. The number of pyridine rings is 1. The molecule has 0 bridgehead atoms. The van der Waals surface area contributed by atoms with Crippen molar-refractivity contribution >= 4 is 16.8 Å². The highest BCUT2D eigenvalue weighted by atomic mass is 16.2. The van der Waals surface area contributed by atoms with Crippen molar-refractivity contribution in [2.45, 2.75) is 25.8 Å². The quantitative estimate of drug-likeness (QED) is 0.696. The van der Waals surface area contributed by atoms with Crippen LogP contribution in [-0.4, -0.2) is 22.3 Å². The highest BCUT2D eigenvalue weighted by molar-refractivity contribution is 5.95. The molecule has 0 aliphatic carbocycles. The van der Waals surface area contributed by atoms with Gasteiger partial charge in [0.05, 0.1) is 11.6 Å². The van der Waals surface area contributed by atoms with Crippen LogP contribution in [0, 0.1) is 6.92 Å². The third-order valence-electron chi connectivity index (χ3n) is 4.88. The minimum Gasteiger partial charge on any atom is -0.330 e. The largest absolute Gasteiger partial charge is 0.330 e. The van der Waals surface area contributed by atoms with E-state index in [0.29, 0.717) is 5.69 Å². The number of para-hydroxylation sites is 1. The van der Waals surface area contributed by atoms with Gasteiger partial charge in [-0.3, -0.25) is 4.79 Å². The summed E-state index contributed by atoms with van der Waals surface area (Å²) < 4.78 is 0. The lowest BCUT2D eigenvalue weighted by atomic mass is 9.99. The van der Waals surface area contributed by atoms with Crippen LogP contribution in [0.3, 0.4) is 0 Å². The van der Waals surface area contributed by atoms with Crippen LogP contribution in [0.4, 0.5) is 0 Å². The molecule has 3 nitrogen and oxygen atoms in total. The van der Waals surface area contributed by atoms with Crippen LogP contribution in [0.5, 0.6) is 0 Å². The molecule has 1 aliphatic rings. The lowest BCUT2D eigenvalue weighted by molar-refractivity contribution is 0.0730. The number of fused-ring (bicyclic) bond motifs is 1. The number of benzene rings is 2. The van der Waals surface area contributed by atoms with Crippen LogP contribution >= 0.6 is 0 Å². The predicted octanol–water partition coefficient (Wildman–Crippen LogP) is 4.52. The zero-order chi connectivity index (χ0) is 16.5. The lowest BCUT2D eigenvalue weighted by Crippen LogP contribution is -2.31. The van der Waals surface area contributed by atoms with Crippen molar-refractivity contribution in [3.8, 4) is 0 Å². The molecule has 1 fully saturated rings. The smallest absolute Gasteiger partial charge is 0.272 e. The molecule has 3 heteroatoms. The van der Waals surface area contributed by atoms with Gasteiger partial charge < -0.3 is 4.90 Å². The number of aryl methyl sites for hydroxylation is 1. The second-order valence-electron chi connectivity index (χ2n) is 6.40. The number of amides is 1. The van der Waals surface area contributed by atoms with E-state index < -0.39 is 0 Å². The van der Waals surface area contributed by atoms with E-state index >= 15 is 0 Å². The molecule has 4 rings (SSSR count). The molecule has 1 aromatic heterocycles. The van der Waals surface area contributed by atoms with Crippen LogP contribution < -0.4 is 0 Å². The third kappa shape index (κ3) is 2.56. The van der Waals surface area contributed by atoms with E-state index in [1.807, 2.05) is 47.4 Å². The van der Waals surface area contributed by atoms with Gasteiger partial charge in [0.25, 0.3) is 5.91 Å². The van der Waals surface area contributed by atoms with E-state index in [1.165, 1.54) is 11.1 Å². The summed E-state index contributed by atoms with van der Waals surface area (Å²) in [5.41, 5.74) is 3.90. The van der Waals surface area contributed by atoms with Gasteiger partial charge in [-0.2, -0.15) is 0 Å². The van der Waals surface area contributed by atoms with Crippen molar-refractivity contribution in [3.63, 3.8) is 0 Å². The summed E-state index contributed by atoms with van der Waals surface area (Å²) in [6.07, 6.45) is 2.06. The predicted molar refractivity (Wildman–Crippen MR) is 95.9 cm³/mol. The van der Waals surface area contributed by atoms with Crippen molar-refractivity contribution in [2.75, 3.05) is 6.54 Å². The van der Waals surface area contributed by atoms with Crippen molar-refractivity contribution < 1.29 is 4.79 Å². The Labute approximate surface area is 141 Å². The van der Waals surface area contributed by atoms with Crippen molar-refractivity contribution in [2.24, 2.45) is 0 Å². The maximum absolute atomic E-state index is 13.0. The van der Waals surface area contributed by atoms with Crippen LogP contribution in [0.15, 0.2) is 60.7 Å². The third-order valence-corrected chi connectivity index (χ3v) is 4.88. The number of aromatic nitrogens is 1. The van der Waals surface area contributed by atoms with Crippen molar-refractivity contribution in [1.82, 2.24) is 9.88 Å². The van der Waals surface area contributed by atoms with Crippen LogP contribution in [0.1, 0.15) is 40.5 Å². The van der Waals surface area contributed by atoms with Crippen LogP contribution in [0.2, 0.25) is 0 Å². The highest BCUT2D eigenvalue weighted by Crippen LogP contribution is 2.34. The fourth-order valence-electron chi connectivity index (χ4n) is 3.63. The Kier molecular flexibility index (Phi) is 3.77. The Morgan fingerprint density at radius 2 is 1.83 bits per heavy atom. The van der Waals surface area contributed by atoms with Gasteiger partial charge >= 0.3 is 0 Å². The second kappa shape index (κ2) is 6.08. The van der Waals surface area contributed by atoms with Gasteiger partial charge in [0.2, 0.25) is 0 Å². The Bertz CT molecular complexity index is 903. The molecule has 3 aromatic rings. The Morgan fingerprint density at radius 1 is 1.04 bits per heavy atom. The Hall–Kier alpha value is -2.68. The topological polar surface area (TPSA) is 33.2 Å². The summed E-state index contributed by atoms with van der Waals surface area (Å²) in [6, 6.07) is 20.2. The Balaban J connectivity index is 1.68. The summed E-state index contributed by atoms with van der Waals surface area (Å²) >= 11 is 0. The molecule has 0 saturated carbocycles. The van der Waals surface area contributed by atoms with E-state index in [-0.39, 0.29) is 11.9 Å². The van der Waals surface area contributed by atoms with Gasteiger partial charge in [0.1, 0.15) is 5.69 Å². The lowest BCUT2D eigenvalue weighted by Gasteiger charge is -2.26. The summed E-state index contributed by atoms with van der Waals surface area (Å²) in [5.74, 6) is 0.0338. The van der Waals surface area contributed by atoms with Gasteiger partial charge in [-0.25, -0.2) is 4.98 Å². The first-order valence-electron chi connectivity index (χ1n) is 8.46. The average molecular weight is 316 g/mol. The first-order valence-corrected chi connectivity index (χ1v) is 8.46. The molecule has 0 radical (unpaired) electrons. The number of nitrogens with zero attached hydrogens (tertiary/aromatic N) is 2. The number of hydrogen-bond donors (Lipinski definition) is 0. The molecule has 2 aromatic carbocycles. The molecule has 1 amide bonds. The molecule has 1 unspecified atom stereocenters. The van der Waals surface area contributed by atoms with E-state index in [2.05, 4.69) is 30.1 Å². The SMILES string of the molecule is Cc1ccccc1C1CCCN1C(=O)c1ccc2ccccc2n1. The average Bonchev–Trinajstić information content (AvgIpc) is 3.10. The molecule has 2 heterocycles.